The molecule has 168 valence electrons. The van der Waals surface area contributed by atoms with E-state index >= 15 is 0 Å². The van der Waals surface area contributed by atoms with Crippen molar-refractivity contribution in [1.82, 2.24) is 10.2 Å². The Kier molecular flexibility index (Phi) is 9.07. The van der Waals surface area contributed by atoms with Gasteiger partial charge in [-0.1, -0.05) is 40.9 Å². The smallest absolute Gasteiger partial charge is 0.261 e. The molecule has 31 heavy (non-hydrogen) atoms. The van der Waals surface area contributed by atoms with Crippen LogP contribution in [0.3, 0.4) is 0 Å². The van der Waals surface area contributed by atoms with Crippen molar-refractivity contribution in [2.45, 2.75) is 45.8 Å². The van der Waals surface area contributed by atoms with Gasteiger partial charge in [-0.3, -0.25) is 9.59 Å². The summed E-state index contributed by atoms with van der Waals surface area (Å²) in [5, 5.41) is 4.34. The number of halogens is 4. The fourth-order valence-corrected chi connectivity index (χ4v) is 3.97. The third kappa shape index (κ3) is 7.86. The number of hydrogen-bond donors (Lipinski definition) is 1. The highest BCUT2D eigenvalue weighted by Gasteiger charge is 2.29. The monoisotopic (exact) mass is 548 g/mol. The quantitative estimate of drug-likeness (QED) is 0.452. The number of rotatable bonds is 7. The normalized spacial score (nSPS) is 12.3. The Bertz CT molecular complexity index is 964. The van der Waals surface area contributed by atoms with Crippen molar-refractivity contribution >= 4 is 62.5 Å². The van der Waals surface area contributed by atoms with Gasteiger partial charge in [0.15, 0.2) is 6.61 Å². The molecule has 2 rings (SSSR count). The van der Waals surface area contributed by atoms with Crippen molar-refractivity contribution in [2.75, 3.05) is 6.61 Å². The molecular formula is C22H24BrCl3N2O3. The van der Waals surface area contributed by atoms with E-state index in [0.717, 1.165) is 0 Å². The Hall–Kier alpha value is -1.47. The predicted octanol–water partition coefficient (Wildman–Crippen LogP) is 6.12. The van der Waals surface area contributed by atoms with Crippen LogP contribution in [0.4, 0.5) is 0 Å². The Morgan fingerprint density at radius 1 is 1.10 bits per heavy atom. The molecule has 0 aliphatic carbocycles. The summed E-state index contributed by atoms with van der Waals surface area (Å²) in [4.78, 5) is 27.3. The molecule has 0 radical (unpaired) electrons. The lowest BCUT2D eigenvalue weighted by atomic mass is 10.1. The van der Waals surface area contributed by atoms with Crippen molar-refractivity contribution in [3.8, 4) is 5.75 Å². The van der Waals surface area contributed by atoms with Gasteiger partial charge in [0.1, 0.15) is 11.8 Å². The lowest BCUT2D eigenvalue weighted by molar-refractivity contribution is -0.142. The minimum absolute atomic E-state index is 0.124. The van der Waals surface area contributed by atoms with Crippen molar-refractivity contribution in [2.24, 2.45) is 0 Å². The lowest BCUT2D eigenvalue weighted by Gasteiger charge is -2.31. The Labute approximate surface area is 206 Å². The Morgan fingerprint density at radius 3 is 2.29 bits per heavy atom. The highest BCUT2D eigenvalue weighted by atomic mass is 79.9. The minimum atomic E-state index is -0.754. The van der Waals surface area contributed by atoms with Crippen LogP contribution in [0.25, 0.3) is 0 Å². The van der Waals surface area contributed by atoms with Gasteiger partial charge in [-0.2, -0.15) is 0 Å². The fourth-order valence-electron chi connectivity index (χ4n) is 2.70. The van der Waals surface area contributed by atoms with Crippen molar-refractivity contribution in [1.29, 1.82) is 0 Å². The van der Waals surface area contributed by atoms with E-state index < -0.39 is 11.6 Å². The summed E-state index contributed by atoms with van der Waals surface area (Å²) in [7, 11) is 0. The van der Waals surface area contributed by atoms with Crippen LogP contribution in [0, 0.1) is 0 Å². The first-order valence-corrected chi connectivity index (χ1v) is 11.4. The summed E-state index contributed by atoms with van der Waals surface area (Å²) in [6.45, 7) is 7.15. The van der Waals surface area contributed by atoms with Gasteiger partial charge in [-0.25, -0.2) is 0 Å². The van der Waals surface area contributed by atoms with Gasteiger partial charge in [0.25, 0.3) is 5.91 Å². The van der Waals surface area contributed by atoms with E-state index in [1.165, 1.54) is 4.90 Å². The van der Waals surface area contributed by atoms with Crippen LogP contribution in [0.1, 0.15) is 33.3 Å². The van der Waals surface area contributed by atoms with Gasteiger partial charge in [0.2, 0.25) is 5.91 Å². The van der Waals surface area contributed by atoms with Gasteiger partial charge in [0, 0.05) is 27.2 Å². The average Bonchev–Trinajstić information content (AvgIpc) is 2.64. The topological polar surface area (TPSA) is 58.6 Å². The molecule has 0 aromatic heterocycles. The van der Waals surface area contributed by atoms with Crippen molar-refractivity contribution < 1.29 is 14.3 Å². The molecule has 0 bridgehead atoms. The first-order chi connectivity index (χ1) is 14.4. The van der Waals surface area contributed by atoms with Crippen molar-refractivity contribution in [3.63, 3.8) is 0 Å². The average molecular weight is 551 g/mol. The third-order valence-electron chi connectivity index (χ3n) is 4.27. The molecule has 9 heteroatoms. The molecule has 0 unspecified atom stereocenters. The third-order valence-corrected chi connectivity index (χ3v) is 5.71. The maximum atomic E-state index is 13.1. The number of carbonyl (C=O) groups excluding carboxylic acids is 2. The molecule has 0 saturated carbocycles. The molecular weight excluding hydrogens is 527 g/mol. The van der Waals surface area contributed by atoms with E-state index in [-0.39, 0.29) is 25.0 Å². The van der Waals surface area contributed by atoms with Crippen molar-refractivity contribution in [3.05, 3.63) is 61.5 Å². The van der Waals surface area contributed by atoms with Crippen LogP contribution in [-0.4, -0.2) is 34.9 Å². The number of amides is 2. The maximum absolute atomic E-state index is 13.1. The summed E-state index contributed by atoms with van der Waals surface area (Å²) < 4.78 is 6.29. The SMILES string of the molecule is C[C@H](C(=O)NC(C)(C)C)N(Cc1ccc(Cl)cc1Cl)C(=O)COc1ccc(Cl)cc1Br. The number of hydrogen-bond acceptors (Lipinski definition) is 3. The molecule has 5 nitrogen and oxygen atoms in total. The molecule has 2 aromatic carbocycles. The standard InChI is InChI=1S/C22H24BrCl3N2O3/c1-13(21(30)27-22(2,3)4)28(11-14-5-6-16(25)10-18(14)26)20(29)12-31-19-8-7-15(24)9-17(19)23/h5-10,13H,11-12H2,1-4H3,(H,27,30)/t13-/m1/s1. The lowest BCUT2D eigenvalue weighted by Crippen LogP contribution is -2.53. The van der Waals surface area contributed by atoms with Gasteiger partial charge >= 0.3 is 0 Å². The molecule has 0 fully saturated rings. The zero-order valence-electron chi connectivity index (χ0n) is 17.6. The van der Waals surface area contributed by atoms with Crippen LogP contribution in [-0.2, 0) is 16.1 Å². The van der Waals surface area contributed by atoms with E-state index in [0.29, 0.717) is 30.9 Å². The Morgan fingerprint density at radius 2 is 1.71 bits per heavy atom. The fraction of sp³-hybridized carbons (Fsp3) is 0.364. The molecule has 0 aliphatic rings. The van der Waals surface area contributed by atoms with Gasteiger partial charge < -0.3 is 15.0 Å². The molecule has 0 spiro atoms. The highest BCUT2D eigenvalue weighted by Crippen LogP contribution is 2.28. The molecule has 2 aromatic rings. The summed E-state index contributed by atoms with van der Waals surface area (Å²) in [6.07, 6.45) is 0. The first kappa shape index (κ1) is 25.8. The van der Waals surface area contributed by atoms with Crippen LogP contribution in [0.15, 0.2) is 40.9 Å². The zero-order chi connectivity index (χ0) is 23.3. The number of carbonyl (C=O) groups is 2. The van der Waals surface area contributed by atoms with E-state index in [1.807, 2.05) is 20.8 Å². The molecule has 1 N–H and O–H groups in total. The van der Waals surface area contributed by atoms with E-state index in [9.17, 15) is 9.59 Å². The van der Waals surface area contributed by atoms with E-state index in [2.05, 4.69) is 21.2 Å². The molecule has 0 heterocycles. The number of nitrogens with one attached hydrogen (secondary N) is 1. The number of benzene rings is 2. The second-order valence-corrected chi connectivity index (χ2v) is 10.2. The summed E-state index contributed by atoms with van der Waals surface area (Å²) >= 11 is 21.6. The van der Waals surface area contributed by atoms with Gasteiger partial charge in [-0.15, -0.1) is 0 Å². The maximum Gasteiger partial charge on any atom is 0.261 e. The van der Waals surface area contributed by atoms with Crippen LogP contribution in [0.5, 0.6) is 5.75 Å². The number of nitrogens with zero attached hydrogens (tertiary/aromatic N) is 1. The molecule has 2 amide bonds. The number of ether oxygens (including phenoxy) is 1. The van der Waals surface area contributed by atoms with E-state index in [1.54, 1.807) is 43.3 Å². The molecule has 0 aliphatic heterocycles. The summed E-state index contributed by atoms with van der Waals surface area (Å²) in [5.74, 6) is -0.183. The second kappa shape index (κ2) is 10.9. The minimum Gasteiger partial charge on any atom is -0.483 e. The first-order valence-electron chi connectivity index (χ1n) is 9.50. The second-order valence-electron chi connectivity index (χ2n) is 8.04. The molecule has 1 atom stereocenters. The predicted molar refractivity (Wildman–Crippen MR) is 129 cm³/mol. The van der Waals surface area contributed by atoms with Crippen LogP contribution in [0.2, 0.25) is 15.1 Å². The Balaban J connectivity index is 2.24. The highest BCUT2D eigenvalue weighted by molar-refractivity contribution is 9.10. The summed E-state index contributed by atoms with van der Waals surface area (Å²) in [6, 6.07) is 9.26. The van der Waals surface area contributed by atoms with Crippen LogP contribution < -0.4 is 10.1 Å². The zero-order valence-corrected chi connectivity index (χ0v) is 21.5. The summed E-state index contributed by atoms with van der Waals surface area (Å²) in [5.41, 5.74) is 0.227. The largest absolute Gasteiger partial charge is 0.483 e. The molecule has 0 saturated heterocycles. The van der Waals surface area contributed by atoms with Gasteiger partial charge in [-0.05, 0) is 79.5 Å². The van der Waals surface area contributed by atoms with Crippen LogP contribution >= 0.6 is 50.7 Å². The van der Waals surface area contributed by atoms with E-state index in [4.69, 9.17) is 39.5 Å². The van der Waals surface area contributed by atoms with Gasteiger partial charge in [0.05, 0.1) is 4.47 Å².